The molecule has 0 saturated carbocycles. The summed E-state index contributed by atoms with van der Waals surface area (Å²) in [7, 11) is 0. The van der Waals surface area contributed by atoms with Crippen LogP contribution in [0.3, 0.4) is 0 Å². The summed E-state index contributed by atoms with van der Waals surface area (Å²) in [5.41, 5.74) is 8.59. The first-order chi connectivity index (χ1) is 17.9. The number of aromatic nitrogens is 2. The average Bonchev–Trinajstić information content (AvgIpc) is 3.51. The van der Waals surface area contributed by atoms with Crippen molar-refractivity contribution < 1.29 is 14.0 Å². The molecule has 0 bridgehead atoms. The number of anilines is 2. The van der Waals surface area contributed by atoms with Gasteiger partial charge in [-0.3, -0.25) is 14.5 Å². The maximum atomic E-state index is 13.1. The summed E-state index contributed by atoms with van der Waals surface area (Å²) in [6.45, 7) is 1.81. The Kier molecular flexibility index (Phi) is 7.06. The number of rotatable bonds is 6. The maximum Gasteiger partial charge on any atom is 0.234 e. The zero-order chi connectivity index (χ0) is 26.1. The fourth-order valence-electron chi connectivity index (χ4n) is 4.44. The van der Waals surface area contributed by atoms with Gasteiger partial charge in [0.15, 0.2) is 10.1 Å². The normalized spacial score (nSPS) is 17.6. The summed E-state index contributed by atoms with van der Waals surface area (Å²) in [4.78, 5) is 27.2. The number of hydrogen-bond donors (Lipinski definition) is 2. The molecule has 3 N–H and O–H groups in total. The van der Waals surface area contributed by atoms with E-state index in [1.54, 1.807) is 41.3 Å². The second kappa shape index (κ2) is 10.4. The minimum atomic E-state index is -0.658. The third-order valence-electron chi connectivity index (χ3n) is 5.98. The van der Waals surface area contributed by atoms with Crippen LogP contribution in [-0.2, 0) is 9.59 Å². The first-order valence-electron chi connectivity index (χ1n) is 11.4. The van der Waals surface area contributed by atoms with Gasteiger partial charge in [0.2, 0.25) is 11.0 Å². The minimum absolute atomic E-state index is 0.0395. The molecule has 12 heteroatoms. The number of carbonyl (C=O) groups excluding carboxylic acids is 2. The Morgan fingerprint density at radius 2 is 2.19 bits per heavy atom. The summed E-state index contributed by atoms with van der Waals surface area (Å²) in [5, 5.41) is 22.3. The highest BCUT2D eigenvalue weighted by Crippen LogP contribution is 2.47. The van der Waals surface area contributed by atoms with Gasteiger partial charge in [0.05, 0.1) is 23.3 Å². The van der Waals surface area contributed by atoms with Crippen molar-refractivity contribution in [2.45, 2.75) is 36.4 Å². The Morgan fingerprint density at radius 1 is 1.35 bits per heavy atom. The molecule has 2 aromatic heterocycles. The SMILES string of the molecule is Cc1ccc(C2C(C#N)=C(N)N(c3nnc(SCC(=O)Nc4cccc(Cl)c4)s3)C3=C2C(=O)CCC3)o1. The number of thioether (sulfide) groups is 1. The van der Waals surface area contributed by atoms with Gasteiger partial charge in [0.25, 0.3) is 0 Å². The van der Waals surface area contributed by atoms with Gasteiger partial charge in [0.1, 0.15) is 17.3 Å². The number of halogens is 1. The molecule has 0 radical (unpaired) electrons. The number of nitrogens with one attached hydrogen (secondary N) is 1. The molecule has 1 aliphatic heterocycles. The van der Waals surface area contributed by atoms with Crippen LogP contribution in [0, 0.1) is 18.3 Å². The highest BCUT2D eigenvalue weighted by molar-refractivity contribution is 8.01. The fraction of sp³-hybridized carbons (Fsp3) is 0.240. The molecule has 3 aromatic rings. The van der Waals surface area contributed by atoms with E-state index < -0.39 is 5.92 Å². The van der Waals surface area contributed by atoms with Crippen LogP contribution in [0.15, 0.2) is 67.8 Å². The molecule has 2 aliphatic rings. The lowest BCUT2D eigenvalue weighted by molar-refractivity contribution is -0.116. The van der Waals surface area contributed by atoms with Crippen LogP contribution in [-0.4, -0.2) is 27.6 Å². The van der Waals surface area contributed by atoms with Crippen LogP contribution in [0.1, 0.15) is 36.7 Å². The van der Waals surface area contributed by atoms with Crippen molar-refractivity contribution >= 4 is 57.2 Å². The molecule has 1 aromatic carbocycles. The Hall–Kier alpha value is -3.59. The van der Waals surface area contributed by atoms with Gasteiger partial charge >= 0.3 is 0 Å². The number of aryl methyl sites for hydroxylation is 1. The second-order valence-corrected chi connectivity index (χ2v) is 11.1. The van der Waals surface area contributed by atoms with Crippen LogP contribution >= 0.6 is 34.7 Å². The van der Waals surface area contributed by atoms with E-state index >= 15 is 0 Å². The molecule has 37 heavy (non-hydrogen) atoms. The van der Waals surface area contributed by atoms with Crippen molar-refractivity contribution in [1.82, 2.24) is 10.2 Å². The van der Waals surface area contributed by atoms with Gasteiger partial charge in [-0.05, 0) is 50.1 Å². The van der Waals surface area contributed by atoms with E-state index in [2.05, 4.69) is 21.6 Å². The molecule has 1 aliphatic carbocycles. The standard InChI is InChI=1S/C25H21ClN6O3S2/c1-13-8-9-19(35-13)21-16(11-27)23(28)32(17-6-3-7-18(33)22(17)21)24-30-31-25(37-24)36-12-20(34)29-15-5-2-4-14(26)10-15/h2,4-5,8-10,21H,3,6-7,12,28H2,1H3,(H,29,34). The van der Waals surface area contributed by atoms with Crippen LogP contribution in [0.4, 0.5) is 10.8 Å². The molecule has 9 nitrogen and oxygen atoms in total. The highest BCUT2D eigenvalue weighted by Gasteiger charge is 2.42. The third-order valence-corrected chi connectivity index (χ3v) is 8.26. The van der Waals surface area contributed by atoms with E-state index in [4.69, 9.17) is 21.8 Å². The number of nitrogens with zero attached hydrogens (tertiary/aromatic N) is 4. The first kappa shape index (κ1) is 25.1. The Morgan fingerprint density at radius 3 is 2.92 bits per heavy atom. The second-order valence-electron chi connectivity index (χ2n) is 8.46. The summed E-state index contributed by atoms with van der Waals surface area (Å²) in [5.74, 6) is 0.594. The topological polar surface area (TPSA) is 138 Å². The van der Waals surface area contributed by atoms with E-state index in [-0.39, 0.29) is 28.8 Å². The molecular weight excluding hydrogens is 532 g/mol. The number of allylic oxidation sites excluding steroid dienone is 3. The van der Waals surface area contributed by atoms with Gasteiger partial charge in [-0.25, -0.2) is 0 Å². The molecule has 1 unspecified atom stereocenters. The lowest BCUT2D eigenvalue weighted by Gasteiger charge is -2.37. The average molecular weight is 553 g/mol. The van der Waals surface area contributed by atoms with Crippen molar-refractivity contribution in [2.75, 3.05) is 16.0 Å². The van der Waals surface area contributed by atoms with Crippen molar-refractivity contribution in [3.8, 4) is 6.07 Å². The number of amides is 1. The fourth-order valence-corrected chi connectivity index (χ4v) is 6.31. The lowest BCUT2D eigenvalue weighted by atomic mass is 9.78. The minimum Gasteiger partial charge on any atom is -0.465 e. The van der Waals surface area contributed by atoms with E-state index in [0.29, 0.717) is 62.2 Å². The number of ketones is 1. The number of carbonyl (C=O) groups is 2. The van der Waals surface area contributed by atoms with Crippen LogP contribution in [0.5, 0.6) is 0 Å². The van der Waals surface area contributed by atoms with Gasteiger partial charge in [-0.1, -0.05) is 40.8 Å². The predicted octanol–water partition coefficient (Wildman–Crippen LogP) is 5.13. The number of hydrogen-bond acceptors (Lipinski definition) is 10. The summed E-state index contributed by atoms with van der Waals surface area (Å²) >= 11 is 8.44. The van der Waals surface area contributed by atoms with Gasteiger partial charge in [-0.15, -0.1) is 10.2 Å². The number of Topliss-reactive ketones (excluding diaryl/α,β-unsaturated/α-hetero) is 1. The maximum absolute atomic E-state index is 13.1. The van der Waals surface area contributed by atoms with Gasteiger partial charge in [0, 0.05) is 28.4 Å². The van der Waals surface area contributed by atoms with E-state index in [9.17, 15) is 14.9 Å². The number of benzene rings is 1. The van der Waals surface area contributed by atoms with E-state index in [0.717, 1.165) is 0 Å². The number of nitriles is 1. The Bertz CT molecular complexity index is 1500. The molecule has 3 heterocycles. The van der Waals surface area contributed by atoms with Crippen molar-refractivity contribution in [3.05, 3.63) is 75.6 Å². The molecule has 188 valence electrons. The van der Waals surface area contributed by atoms with Crippen molar-refractivity contribution in [1.29, 1.82) is 5.26 Å². The summed E-state index contributed by atoms with van der Waals surface area (Å²) in [6, 6.07) is 12.7. The van der Waals surface area contributed by atoms with Crippen molar-refractivity contribution in [2.24, 2.45) is 5.73 Å². The molecule has 1 atom stereocenters. The highest BCUT2D eigenvalue weighted by atomic mass is 35.5. The molecular formula is C25H21ClN6O3S2. The number of nitrogens with two attached hydrogens (primary N) is 1. The zero-order valence-electron chi connectivity index (χ0n) is 19.7. The third kappa shape index (κ3) is 5.00. The predicted molar refractivity (Wildman–Crippen MR) is 142 cm³/mol. The lowest BCUT2D eigenvalue weighted by Crippen LogP contribution is -2.38. The van der Waals surface area contributed by atoms with E-state index in [1.807, 2.05) is 6.92 Å². The first-order valence-corrected chi connectivity index (χ1v) is 13.6. The van der Waals surface area contributed by atoms with Crippen LogP contribution in [0.2, 0.25) is 5.02 Å². The molecule has 5 rings (SSSR count). The molecule has 0 spiro atoms. The molecule has 0 fully saturated rings. The smallest absolute Gasteiger partial charge is 0.234 e. The van der Waals surface area contributed by atoms with Gasteiger partial charge < -0.3 is 15.5 Å². The zero-order valence-corrected chi connectivity index (χ0v) is 22.0. The van der Waals surface area contributed by atoms with Crippen LogP contribution < -0.4 is 16.0 Å². The molecule has 0 saturated heterocycles. The largest absolute Gasteiger partial charge is 0.465 e. The quantitative estimate of drug-likeness (QED) is 0.398. The van der Waals surface area contributed by atoms with Crippen LogP contribution in [0.25, 0.3) is 0 Å². The van der Waals surface area contributed by atoms with Gasteiger partial charge in [-0.2, -0.15) is 5.26 Å². The molecule has 1 amide bonds. The summed E-state index contributed by atoms with van der Waals surface area (Å²) in [6.07, 6.45) is 1.65. The Balaban J connectivity index is 1.41. The summed E-state index contributed by atoms with van der Waals surface area (Å²) < 4.78 is 6.38. The van der Waals surface area contributed by atoms with Crippen molar-refractivity contribution in [3.63, 3.8) is 0 Å². The Labute approximate surface area is 226 Å². The monoisotopic (exact) mass is 552 g/mol. The van der Waals surface area contributed by atoms with E-state index in [1.165, 1.54) is 23.1 Å². The number of furan rings is 1.